The lowest BCUT2D eigenvalue weighted by atomic mass is 10.2. The van der Waals surface area contributed by atoms with Gasteiger partial charge >= 0.3 is 0 Å². The average Bonchev–Trinajstić information content (AvgIpc) is 2.48. The topological polar surface area (TPSA) is 80.7 Å². The van der Waals surface area contributed by atoms with Gasteiger partial charge in [0.25, 0.3) is 0 Å². The summed E-state index contributed by atoms with van der Waals surface area (Å²) in [5, 5.41) is 11.6. The zero-order chi connectivity index (χ0) is 14.5. The summed E-state index contributed by atoms with van der Waals surface area (Å²) >= 11 is 5.66. The van der Waals surface area contributed by atoms with Crippen molar-refractivity contribution in [2.75, 3.05) is 0 Å². The molecule has 0 atom stereocenters. The first-order valence-electron chi connectivity index (χ1n) is 5.61. The van der Waals surface area contributed by atoms with E-state index in [4.69, 9.17) is 27.3 Å². The molecule has 1 aromatic carbocycles. The number of benzene rings is 1. The van der Waals surface area contributed by atoms with Crippen molar-refractivity contribution in [3.8, 4) is 5.75 Å². The largest absolute Gasteiger partial charge is 0.489 e. The van der Waals surface area contributed by atoms with Gasteiger partial charge in [-0.15, -0.1) is 0 Å². The van der Waals surface area contributed by atoms with Gasteiger partial charge in [0.05, 0.1) is 5.02 Å². The number of nitrogens with zero attached hydrogens (tertiary/aromatic N) is 2. The van der Waals surface area contributed by atoms with Crippen LogP contribution >= 0.6 is 11.6 Å². The summed E-state index contributed by atoms with van der Waals surface area (Å²) in [6.07, 6.45) is 1.52. The van der Waals surface area contributed by atoms with Crippen molar-refractivity contribution in [1.29, 1.82) is 0 Å². The zero-order valence-corrected chi connectivity index (χ0v) is 11.0. The first kappa shape index (κ1) is 14.1. The Morgan fingerprint density at radius 2 is 2.25 bits per heavy atom. The Labute approximate surface area is 119 Å². The lowest BCUT2D eigenvalue weighted by molar-refractivity contribution is 0.304. The second kappa shape index (κ2) is 6.21. The predicted molar refractivity (Wildman–Crippen MR) is 72.5 cm³/mol. The number of ether oxygens (including phenoxy) is 1. The van der Waals surface area contributed by atoms with Crippen LogP contribution in [0.3, 0.4) is 0 Å². The van der Waals surface area contributed by atoms with Gasteiger partial charge in [0.1, 0.15) is 23.9 Å². The third-order valence-electron chi connectivity index (χ3n) is 2.53. The number of oxime groups is 1. The van der Waals surface area contributed by atoms with Gasteiger partial charge in [-0.25, -0.2) is 4.39 Å². The molecule has 0 aliphatic heterocycles. The molecular weight excluding hydrogens is 285 g/mol. The molecule has 0 radical (unpaired) electrons. The van der Waals surface area contributed by atoms with Crippen LogP contribution in [-0.4, -0.2) is 16.0 Å². The second-order valence-electron chi connectivity index (χ2n) is 3.86. The highest BCUT2D eigenvalue weighted by atomic mass is 35.5. The number of aromatic nitrogens is 1. The Bertz CT molecular complexity index is 649. The third kappa shape index (κ3) is 3.16. The summed E-state index contributed by atoms with van der Waals surface area (Å²) < 4.78 is 18.5. The fourth-order valence-corrected chi connectivity index (χ4v) is 1.73. The molecule has 1 aromatic heterocycles. The lowest BCUT2D eigenvalue weighted by Crippen LogP contribution is -2.18. The summed E-state index contributed by atoms with van der Waals surface area (Å²) in [7, 11) is 0. The molecule has 0 spiro atoms. The van der Waals surface area contributed by atoms with E-state index in [1.54, 1.807) is 12.1 Å². The standard InChI is InChI=1S/C13H11ClFN3O2/c14-10-6-9(3-4-11(10)15)20-7-8-2-1-5-17-12(8)13(16)18-19/h1-6,19H,7H2,(H2,16,18). The Hall–Kier alpha value is -2.34. The van der Waals surface area contributed by atoms with Crippen LogP contribution in [0.25, 0.3) is 0 Å². The van der Waals surface area contributed by atoms with Crippen LogP contribution in [0.5, 0.6) is 5.75 Å². The minimum atomic E-state index is -0.516. The summed E-state index contributed by atoms with van der Waals surface area (Å²) in [5.41, 5.74) is 6.47. The minimum Gasteiger partial charge on any atom is -0.489 e. The van der Waals surface area contributed by atoms with Crippen LogP contribution in [-0.2, 0) is 6.61 Å². The van der Waals surface area contributed by atoms with Crippen LogP contribution in [0, 0.1) is 5.82 Å². The third-order valence-corrected chi connectivity index (χ3v) is 2.82. The molecule has 0 aliphatic carbocycles. The van der Waals surface area contributed by atoms with Gasteiger partial charge in [0, 0.05) is 17.8 Å². The van der Waals surface area contributed by atoms with Crippen molar-refractivity contribution in [2.45, 2.75) is 6.61 Å². The van der Waals surface area contributed by atoms with Gasteiger partial charge in [-0.3, -0.25) is 4.98 Å². The molecule has 0 unspecified atom stereocenters. The van der Waals surface area contributed by atoms with Crippen LogP contribution in [0.2, 0.25) is 5.02 Å². The molecule has 0 saturated carbocycles. The van der Waals surface area contributed by atoms with Crippen molar-refractivity contribution < 1.29 is 14.3 Å². The van der Waals surface area contributed by atoms with E-state index in [2.05, 4.69) is 10.1 Å². The molecule has 0 saturated heterocycles. The normalized spacial score (nSPS) is 11.4. The molecule has 2 rings (SSSR count). The molecule has 0 aliphatic rings. The van der Waals surface area contributed by atoms with E-state index in [9.17, 15) is 4.39 Å². The van der Waals surface area contributed by atoms with Crippen molar-refractivity contribution in [2.24, 2.45) is 10.9 Å². The van der Waals surface area contributed by atoms with Crippen molar-refractivity contribution in [3.63, 3.8) is 0 Å². The number of rotatable bonds is 4. The maximum absolute atomic E-state index is 13.0. The van der Waals surface area contributed by atoms with E-state index < -0.39 is 5.82 Å². The molecule has 104 valence electrons. The number of hydrogen-bond acceptors (Lipinski definition) is 4. The van der Waals surface area contributed by atoms with Crippen LogP contribution in [0.15, 0.2) is 41.7 Å². The second-order valence-corrected chi connectivity index (χ2v) is 4.27. The maximum atomic E-state index is 13.0. The van der Waals surface area contributed by atoms with Crippen LogP contribution < -0.4 is 10.5 Å². The number of amidine groups is 1. The molecule has 7 heteroatoms. The summed E-state index contributed by atoms with van der Waals surface area (Å²) in [6, 6.07) is 7.47. The van der Waals surface area contributed by atoms with Gasteiger partial charge in [0.2, 0.25) is 0 Å². The van der Waals surface area contributed by atoms with Gasteiger partial charge in [-0.2, -0.15) is 0 Å². The van der Waals surface area contributed by atoms with E-state index in [1.165, 1.54) is 24.4 Å². The highest BCUT2D eigenvalue weighted by Gasteiger charge is 2.09. The van der Waals surface area contributed by atoms with Gasteiger partial charge < -0.3 is 15.7 Å². The smallest absolute Gasteiger partial charge is 0.189 e. The number of nitrogens with two attached hydrogens (primary N) is 1. The number of pyridine rings is 1. The lowest BCUT2D eigenvalue weighted by Gasteiger charge is -2.09. The van der Waals surface area contributed by atoms with E-state index in [-0.39, 0.29) is 17.5 Å². The molecule has 2 aromatic rings. The highest BCUT2D eigenvalue weighted by molar-refractivity contribution is 6.30. The first-order valence-corrected chi connectivity index (χ1v) is 5.99. The molecular formula is C13H11ClFN3O2. The van der Waals surface area contributed by atoms with E-state index in [0.29, 0.717) is 17.0 Å². The van der Waals surface area contributed by atoms with Crippen molar-refractivity contribution >= 4 is 17.4 Å². The summed E-state index contributed by atoms with van der Waals surface area (Å²) in [6.45, 7) is 0.126. The molecule has 0 amide bonds. The Morgan fingerprint density at radius 3 is 2.95 bits per heavy atom. The fourth-order valence-electron chi connectivity index (χ4n) is 1.56. The van der Waals surface area contributed by atoms with E-state index in [1.807, 2.05) is 0 Å². The minimum absolute atomic E-state index is 0.0228. The molecule has 0 bridgehead atoms. The fraction of sp³-hybridized carbons (Fsp3) is 0.0769. The van der Waals surface area contributed by atoms with Gasteiger partial charge in [-0.1, -0.05) is 22.8 Å². The number of hydrogen-bond donors (Lipinski definition) is 2. The SMILES string of the molecule is NC(=NO)c1ncccc1COc1ccc(F)c(Cl)c1. The molecule has 0 fully saturated rings. The van der Waals surface area contributed by atoms with Crippen molar-refractivity contribution in [3.05, 3.63) is 58.6 Å². The summed E-state index contributed by atoms with van der Waals surface area (Å²) in [5.74, 6) is -0.218. The summed E-state index contributed by atoms with van der Waals surface area (Å²) in [4.78, 5) is 4.01. The van der Waals surface area contributed by atoms with Gasteiger partial charge in [-0.05, 0) is 18.2 Å². The first-order chi connectivity index (χ1) is 9.61. The molecule has 5 nitrogen and oxygen atoms in total. The molecule has 1 heterocycles. The Morgan fingerprint density at radius 1 is 1.45 bits per heavy atom. The van der Waals surface area contributed by atoms with E-state index in [0.717, 1.165) is 0 Å². The van der Waals surface area contributed by atoms with E-state index >= 15 is 0 Å². The Balaban J connectivity index is 2.17. The quantitative estimate of drug-likeness (QED) is 0.393. The van der Waals surface area contributed by atoms with Gasteiger partial charge in [0.15, 0.2) is 5.84 Å². The average molecular weight is 296 g/mol. The predicted octanol–water partition coefficient (Wildman–Crippen LogP) is 2.55. The molecule has 20 heavy (non-hydrogen) atoms. The molecule has 3 N–H and O–H groups in total. The van der Waals surface area contributed by atoms with Crippen LogP contribution in [0.1, 0.15) is 11.3 Å². The Kier molecular flexibility index (Phi) is 4.37. The maximum Gasteiger partial charge on any atom is 0.189 e. The number of halogens is 2. The zero-order valence-electron chi connectivity index (χ0n) is 10.3. The van der Waals surface area contributed by atoms with Crippen LogP contribution in [0.4, 0.5) is 4.39 Å². The van der Waals surface area contributed by atoms with Crippen molar-refractivity contribution in [1.82, 2.24) is 4.98 Å². The monoisotopic (exact) mass is 295 g/mol. The highest BCUT2D eigenvalue weighted by Crippen LogP contribution is 2.22.